The number of thioether (sulfide) groups is 1. The van der Waals surface area contributed by atoms with Crippen LogP contribution in [0.4, 0.5) is 10.8 Å². The summed E-state index contributed by atoms with van der Waals surface area (Å²) < 4.78 is 33.3. The molecule has 7 nitrogen and oxygen atoms in total. The van der Waals surface area contributed by atoms with Crippen molar-refractivity contribution in [2.45, 2.75) is 21.9 Å². The molecule has 164 valence electrons. The molecular formula is C20H21ClN4O3S3. The van der Waals surface area contributed by atoms with Crippen LogP contribution in [0.1, 0.15) is 11.1 Å². The maximum absolute atomic E-state index is 12.9. The van der Waals surface area contributed by atoms with Gasteiger partial charge in [0.2, 0.25) is 15.2 Å². The van der Waals surface area contributed by atoms with Gasteiger partial charge in [0.1, 0.15) is 0 Å². The smallest absolute Gasteiger partial charge is 0.243 e. The van der Waals surface area contributed by atoms with Crippen molar-refractivity contribution in [2.24, 2.45) is 0 Å². The Kier molecular flexibility index (Phi) is 7.15. The molecule has 1 fully saturated rings. The van der Waals surface area contributed by atoms with Gasteiger partial charge < -0.3 is 10.1 Å². The van der Waals surface area contributed by atoms with Crippen LogP contribution in [0.5, 0.6) is 0 Å². The summed E-state index contributed by atoms with van der Waals surface area (Å²) in [7, 11) is -3.51. The van der Waals surface area contributed by atoms with Crippen LogP contribution in [-0.2, 0) is 20.5 Å². The fraction of sp³-hybridized carbons (Fsp3) is 0.300. The summed E-state index contributed by atoms with van der Waals surface area (Å²) >= 11 is 9.12. The van der Waals surface area contributed by atoms with Gasteiger partial charge in [-0.1, -0.05) is 52.9 Å². The topological polar surface area (TPSA) is 84.4 Å². The second kappa shape index (κ2) is 9.85. The summed E-state index contributed by atoms with van der Waals surface area (Å²) in [5.74, 6) is 0.595. The Morgan fingerprint density at radius 2 is 2.00 bits per heavy atom. The molecule has 0 amide bonds. The third-order valence-electron chi connectivity index (χ3n) is 4.70. The second-order valence-corrected chi connectivity index (χ2v) is 11.5. The van der Waals surface area contributed by atoms with Crippen LogP contribution in [0.25, 0.3) is 0 Å². The highest BCUT2D eigenvalue weighted by molar-refractivity contribution is 8.00. The lowest BCUT2D eigenvalue weighted by Crippen LogP contribution is -2.40. The average molecular weight is 497 g/mol. The zero-order valence-corrected chi connectivity index (χ0v) is 20.0. The van der Waals surface area contributed by atoms with E-state index in [1.54, 1.807) is 18.2 Å². The molecule has 3 aromatic rings. The van der Waals surface area contributed by atoms with E-state index < -0.39 is 10.0 Å². The van der Waals surface area contributed by atoms with Gasteiger partial charge >= 0.3 is 0 Å². The number of morpholine rings is 1. The molecule has 0 unspecified atom stereocenters. The van der Waals surface area contributed by atoms with Crippen LogP contribution in [0.15, 0.2) is 51.7 Å². The third-order valence-corrected chi connectivity index (χ3v) is 9.04. The van der Waals surface area contributed by atoms with E-state index in [1.165, 1.54) is 27.4 Å². The fourth-order valence-electron chi connectivity index (χ4n) is 2.99. The molecule has 0 spiro atoms. The van der Waals surface area contributed by atoms with E-state index in [1.807, 2.05) is 31.2 Å². The Balaban J connectivity index is 1.39. The number of benzene rings is 2. The molecule has 31 heavy (non-hydrogen) atoms. The van der Waals surface area contributed by atoms with Gasteiger partial charge in [-0.2, -0.15) is 4.31 Å². The van der Waals surface area contributed by atoms with Crippen molar-refractivity contribution in [1.29, 1.82) is 0 Å². The molecule has 1 aliphatic heterocycles. The van der Waals surface area contributed by atoms with Gasteiger partial charge in [-0.05, 0) is 42.3 Å². The van der Waals surface area contributed by atoms with E-state index in [4.69, 9.17) is 16.3 Å². The normalized spacial score (nSPS) is 15.2. The average Bonchev–Trinajstić information content (AvgIpc) is 3.23. The van der Waals surface area contributed by atoms with Crippen LogP contribution in [0.3, 0.4) is 0 Å². The van der Waals surface area contributed by atoms with Crippen molar-refractivity contribution in [3.63, 3.8) is 0 Å². The molecule has 11 heteroatoms. The number of halogens is 1. The number of nitrogens with one attached hydrogen (secondary N) is 1. The molecule has 2 heterocycles. The summed E-state index contributed by atoms with van der Waals surface area (Å²) in [5, 5.41) is 13.0. The highest BCUT2D eigenvalue weighted by atomic mass is 35.5. The third kappa shape index (κ3) is 5.57. The predicted molar refractivity (Wildman–Crippen MR) is 125 cm³/mol. The van der Waals surface area contributed by atoms with Crippen molar-refractivity contribution in [2.75, 3.05) is 31.6 Å². The Morgan fingerprint density at radius 1 is 1.19 bits per heavy atom. The molecule has 0 aliphatic carbocycles. The first-order valence-corrected chi connectivity index (χ1v) is 13.2. The molecule has 1 aromatic heterocycles. The number of rotatable bonds is 7. The molecule has 0 atom stereocenters. The number of ether oxygens (including phenoxy) is 1. The molecule has 4 rings (SSSR count). The largest absolute Gasteiger partial charge is 0.379 e. The van der Waals surface area contributed by atoms with E-state index in [9.17, 15) is 8.42 Å². The first-order valence-electron chi connectivity index (χ1n) is 9.58. The standard InChI is InChI=1S/C20H21ClN4O3S3/c1-14-5-6-16(12-18(14)21)22-19-23-24-20(30-19)29-13-15-3-2-4-17(11-15)31(26,27)25-7-9-28-10-8-25/h2-6,11-12H,7-10,13H2,1H3,(H,22,23). The molecule has 2 aromatic carbocycles. The number of hydrogen-bond donors (Lipinski definition) is 1. The van der Waals surface area contributed by atoms with Crippen molar-refractivity contribution >= 4 is 55.5 Å². The zero-order chi connectivity index (χ0) is 21.8. The fourth-order valence-corrected chi connectivity index (χ4v) is 6.36. The number of anilines is 2. The Bertz CT molecular complexity index is 1160. The number of sulfonamides is 1. The first-order chi connectivity index (χ1) is 14.9. The lowest BCUT2D eigenvalue weighted by Gasteiger charge is -2.26. The van der Waals surface area contributed by atoms with Gasteiger partial charge in [0.15, 0.2) is 4.34 Å². The maximum atomic E-state index is 12.9. The number of aromatic nitrogens is 2. The summed E-state index contributed by atoms with van der Waals surface area (Å²) in [6.07, 6.45) is 0. The summed E-state index contributed by atoms with van der Waals surface area (Å²) in [6.45, 7) is 3.57. The lowest BCUT2D eigenvalue weighted by atomic mass is 10.2. The summed E-state index contributed by atoms with van der Waals surface area (Å²) in [4.78, 5) is 0.309. The Morgan fingerprint density at radius 3 is 2.77 bits per heavy atom. The lowest BCUT2D eigenvalue weighted by molar-refractivity contribution is 0.0730. The minimum absolute atomic E-state index is 0.309. The predicted octanol–water partition coefficient (Wildman–Crippen LogP) is 4.56. The first kappa shape index (κ1) is 22.5. The Labute approximate surface area is 194 Å². The second-order valence-electron chi connectivity index (χ2n) is 6.91. The maximum Gasteiger partial charge on any atom is 0.243 e. The molecule has 0 bridgehead atoms. The number of aryl methyl sites for hydroxylation is 1. The van der Waals surface area contributed by atoms with Gasteiger partial charge in [0.25, 0.3) is 0 Å². The van der Waals surface area contributed by atoms with Crippen LogP contribution in [-0.4, -0.2) is 49.2 Å². The molecule has 0 radical (unpaired) electrons. The molecule has 1 saturated heterocycles. The highest BCUT2D eigenvalue weighted by Gasteiger charge is 2.26. The van der Waals surface area contributed by atoms with Crippen LogP contribution >= 0.6 is 34.7 Å². The summed E-state index contributed by atoms with van der Waals surface area (Å²) in [6, 6.07) is 12.8. The minimum atomic E-state index is -3.51. The van der Waals surface area contributed by atoms with Gasteiger partial charge in [-0.25, -0.2) is 8.42 Å². The number of nitrogens with zero attached hydrogens (tertiary/aromatic N) is 3. The van der Waals surface area contributed by atoms with Gasteiger partial charge in [-0.3, -0.25) is 0 Å². The Hall–Kier alpha value is -1.69. The molecule has 1 N–H and O–H groups in total. The zero-order valence-electron chi connectivity index (χ0n) is 16.7. The SMILES string of the molecule is Cc1ccc(Nc2nnc(SCc3cccc(S(=O)(=O)N4CCOCC4)c3)s2)cc1Cl. The van der Waals surface area contributed by atoms with Crippen molar-refractivity contribution in [3.05, 3.63) is 58.6 Å². The molecular weight excluding hydrogens is 476 g/mol. The van der Waals surface area contributed by atoms with Crippen LogP contribution in [0, 0.1) is 6.92 Å². The van der Waals surface area contributed by atoms with Crippen LogP contribution in [0.2, 0.25) is 5.02 Å². The quantitative estimate of drug-likeness (QED) is 0.480. The highest BCUT2D eigenvalue weighted by Crippen LogP contribution is 2.31. The molecule has 1 aliphatic rings. The minimum Gasteiger partial charge on any atom is -0.379 e. The van der Waals surface area contributed by atoms with E-state index >= 15 is 0 Å². The van der Waals surface area contributed by atoms with Gasteiger partial charge in [0, 0.05) is 29.6 Å². The van der Waals surface area contributed by atoms with E-state index in [-0.39, 0.29) is 0 Å². The molecule has 0 saturated carbocycles. The van der Waals surface area contributed by atoms with Crippen LogP contribution < -0.4 is 5.32 Å². The monoisotopic (exact) mass is 496 g/mol. The van der Waals surface area contributed by atoms with Crippen molar-refractivity contribution in [1.82, 2.24) is 14.5 Å². The van der Waals surface area contributed by atoms with E-state index in [0.717, 1.165) is 21.2 Å². The van der Waals surface area contributed by atoms with E-state index in [0.29, 0.717) is 47.1 Å². The summed E-state index contributed by atoms with van der Waals surface area (Å²) in [5.41, 5.74) is 2.78. The van der Waals surface area contributed by atoms with Crippen molar-refractivity contribution < 1.29 is 13.2 Å². The van der Waals surface area contributed by atoms with E-state index in [2.05, 4.69) is 15.5 Å². The van der Waals surface area contributed by atoms with Gasteiger partial charge in [-0.15, -0.1) is 10.2 Å². The van der Waals surface area contributed by atoms with Crippen molar-refractivity contribution in [3.8, 4) is 0 Å². The number of hydrogen-bond acceptors (Lipinski definition) is 8. The van der Waals surface area contributed by atoms with Gasteiger partial charge in [0.05, 0.1) is 18.1 Å².